The van der Waals surface area contributed by atoms with Crippen molar-refractivity contribution in [3.05, 3.63) is 47.5 Å². The Morgan fingerprint density at radius 1 is 1.28 bits per heavy atom. The highest BCUT2D eigenvalue weighted by atomic mass is 16.5. The molecule has 1 aromatic rings. The average molecular weight is 244 g/mol. The van der Waals surface area contributed by atoms with Crippen LogP contribution in [0, 0.1) is 0 Å². The lowest BCUT2D eigenvalue weighted by atomic mass is 9.82. The molecule has 0 spiro atoms. The van der Waals surface area contributed by atoms with Crippen molar-refractivity contribution >= 4 is 5.97 Å². The van der Waals surface area contributed by atoms with Gasteiger partial charge >= 0.3 is 5.97 Å². The van der Waals surface area contributed by atoms with Crippen molar-refractivity contribution in [2.45, 2.75) is 38.5 Å². The molecule has 1 aliphatic rings. The number of ether oxygens (including phenoxy) is 1. The van der Waals surface area contributed by atoms with E-state index >= 15 is 0 Å². The highest BCUT2D eigenvalue weighted by Gasteiger charge is 2.17. The lowest BCUT2D eigenvalue weighted by molar-refractivity contribution is 0.0526. The van der Waals surface area contributed by atoms with Gasteiger partial charge in [0.1, 0.15) is 0 Å². The van der Waals surface area contributed by atoms with Crippen molar-refractivity contribution in [3.8, 4) is 0 Å². The van der Waals surface area contributed by atoms with Crippen LogP contribution in [0.4, 0.5) is 0 Å². The molecule has 2 nitrogen and oxygen atoms in total. The molecule has 2 rings (SSSR count). The van der Waals surface area contributed by atoms with E-state index in [9.17, 15) is 4.79 Å². The molecule has 0 amide bonds. The van der Waals surface area contributed by atoms with Gasteiger partial charge in [-0.15, -0.1) is 0 Å². The Bertz CT molecular complexity index is 421. The maximum Gasteiger partial charge on any atom is 0.338 e. The highest BCUT2D eigenvalue weighted by molar-refractivity contribution is 5.89. The van der Waals surface area contributed by atoms with E-state index in [1.807, 2.05) is 19.1 Å². The van der Waals surface area contributed by atoms with Crippen molar-refractivity contribution in [1.29, 1.82) is 0 Å². The predicted molar refractivity (Wildman–Crippen MR) is 72.7 cm³/mol. The summed E-state index contributed by atoms with van der Waals surface area (Å²) in [5.41, 5.74) is 3.34. The second kappa shape index (κ2) is 5.85. The van der Waals surface area contributed by atoms with Crippen LogP contribution in [0.2, 0.25) is 0 Å². The second-order valence-electron chi connectivity index (χ2n) is 4.87. The standard InChI is InChI=1S/C16H20O2/c1-3-18-16(17)15-10-8-14(9-11-15)13-6-4-12(2)5-7-13/h8-11,13H,2-7H2,1H3. The van der Waals surface area contributed by atoms with Gasteiger partial charge in [-0.3, -0.25) is 0 Å². The average Bonchev–Trinajstić information content (AvgIpc) is 2.40. The number of hydrogen-bond donors (Lipinski definition) is 0. The minimum Gasteiger partial charge on any atom is -0.462 e. The molecular weight excluding hydrogens is 224 g/mol. The third-order valence-corrected chi connectivity index (χ3v) is 3.59. The fraction of sp³-hybridized carbons (Fsp3) is 0.438. The number of allylic oxidation sites excluding steroid dienone is 1. The Balaban J connectivity index is 2.03. The summed E-state index contributed by atoms with van der Waals surface area (Å²) in [5, 5.41) is 0. The smallest absolute Gasteiger partial charge is 0.338 e. The Morgan fingerprint density at radius 3 is 2.44 bits per heavy atom. The second-order valence-corrected chi connectivity index (χ2v) is 4.87. The summed E-state index contributed by atoms with van der Waals surface area (Å²) in [6.07, 6.45) is 4.61. The molecule has 0 N–H and O–H groups in total. The maximum atomic E-state index is 11.5. The normalized spacial score (nSPS) is 16.6. The van der Waals surface area contributed by atoms with Gasteiger partial charge in [-0.2, -0.15) is 0 Å². The fourth-order valence-electron chi connectivity index (χ4n) is 2.47. The monoisotopic (exact) mass is 244 g/mol. The van der Waals surface area contributed by atoms with E-state index < -0.39 is 0 Å². The minimum atomic E-state index is -0.235. The largest absolute Gasteiger partial charge is 0.462 e. The molecule has 0 saturated heterocycles. The van der Waals surface area contributed by atoms with Gasteiger partial charge in [0.25, 0.3) is 0 Å². The van der Waals surface area contributed by atoms with Crippen LogP contribution in [0.1, 0.15) is 54.4 Å². The van der Waals surface area contributed by atoms with E-state index in [0.717, 1.165) is 12.8 Å². The lowest BCUT2D eigenvalue weighted by Gasteiger charge is -2.23. The summed E-state index contributed by atoms with van der Waals surface area (Å²) in [7, 11) is 0. The quantitative estimate of drug-likeness (QED) is 0.591. The molecule has 1 saturated carbocycles. The van der Waals surface area contributed by atoms with Gasteiger partial charge in [0, 0.05) is 0 Å². The fourth-order valence-corrected chi connectivity index (χ4v) is 2.47. The van der Waals surface area contributed by atoms with Gasteiger partial charge in [0.05, 0.1) is 12.2 Å². The van der Waals surface area contributed by atoms with Crippen LogP contribution in [0.25, 0.3) is 0 Å². The maximum absolute atomic E-state index is 11.5. The molecule has 0 heterocycles. The van der Waals surface area contributed by atoms with Crippen LogP contribution in [-0.2, 0) is 4.74 Å². The zero-order chi connectivity index (χ0) is 13.0. The van der Waals surface area contributed by atoms with Crippen molar-refractivity contribution < 1.29 is 9.53 Å². The summed E-state index contributed by atoms with van der Waals surface area (Å²) in [5.74, 6) is 0.382. The lowest BCUT2D eigenvalue weighted by Crippen LogP contribution is -2.08. The molecule has 0 bridgehead atoms. The van der Waals surface area contributed by atoms with E-state index in [4.69, 9.17) is 4.74 Å². The number of benzene rings is 1. The van der Waals surface area contributed by atoms with Crippen molar-refractivity contribution in [2.24, 2.45) is 0 Å². The Kier molecular flexibility index (Phi) is 4.19. The van der Waals surface area contributed by atoms with Gasteiger partial charge in [-0.25, -0.2) is 4.79 Å². The molecule has 0 radical (unpaired) electrons. The molecule has 18 heavy (non-hydrogen) atoms. The number of carbonyl (C=O) groups is 1. The molecule has 1 fully saturated rings. The molecule has 0 unspecified atom stereocenters. The van der Waals surface area contributed by atoms with Crippen molar-refractivity contribution in [3.63, 3.8) is 0 Å². The zero-order valence-corrected chi connectivity index (χ0v) is 10.9. The predicted octanol–water partition coefficient (Wildman–Crippen LogP) is 4.08. The van der Waals surface area contributed by atoms with Crippen molar-refractivity contribution in [1.82, 2.24) is 0 Å². The van der Waals surface area contributed by atoms with Gasteiger partial charge in [-0.1, -0.05) is 24.3 Å². The Morgan fingerprint density at radius 2 is 1.89 bits per heavy atom. The molecular formula is C16H20O2. The molecule has 0 atom stereocenters. The van der Waals surface area contributed by atoms with E-state index in [1.165, 1.54) is 24.0 Å². The van der Waals surface area contributed by atoms with Crippen LogP contribution in [0.3, 0.4) is 0 Å². The molecule has 1 aromatic carbocycles. The SMILES string of the molecule is C=C1CCC(c2ccc(C(=O)OCC)cc2)CC1. The third kappa shape index (κ3) is 3.00. The number of carbonyl (C=O) groups excluding carboxylic acids is 1. The summed E-state index contributed by atoms with van der Waals surface area (Å²) < 4.78 is 4.98. The van der Waals surface area contributed by atoms with Gasteiger partial charge in [-0.05, 0) is 56.2 Å². The first kappa shape index (κ1) is 12.9. The zero-order valence-electron chi connectivity index (χ0n) is 10.9. The highest BCUT2D eigenvalue weighted by Crippen LogP contribution is 2.34. The Labute approximate surface area is 109 Å². The summed E-state index contributed by atoms with van der Waals surface area (Å²) in [4.78, 5) is 11.5. The van der Waals surface area contributed by atoms with Crippen molar-refractivity contribution in [2.75, 3.05) is 6.61 Å². The van der Waals surface area contributed by atoms with Crippen LogP contribution >= 0.6 is 0 Å². The van der Waals surface area contributed by atoms with E-state index in [0.29, 0.717) is 18.1 Å². The number of rotatable bonds is 3. The van der Waals surface area contributed by atoms with Crippen LogP contribution < -0.4 is 0 Å². The molecule has 2 heteroatoms. The van der Waals surface area contributed by atoms with E-state index in [2.05, 4.69) is 18.7 Å². The first-order valence-corrected chi connectivity index (χ1v) is 6.64. The topological polar surface area (TPSA) is 26.3 Å². The number of hydrogen-bond acceptors (Lipinski definition) is 2. The van der Waals surface area contributed by atoms with Gasteiger partial charge in [0.15, 0.2) is 0 Å². The number of esters is 1. The van der Waals surface area contributed by atoms with Crippen LogP contribution in [-0.4, -0.2) is 12.6 Å². The van der Waals surface area contributed by atoms with Gasteiger partial charge in [0.2, 0.25) is 0 Å². The van der Waals surface area contributed by atoms with Crippen LogP contribution in [0.5, 0.6) is 0 Å². The minimum absolute atomic E-state index is 0.235. The van der Waals surface area contributed by atoms with Crippen LogP contribution in [0.15, 0.2) is 36.4 Å². The van der Waals surface area contributed by atoms with E-state index in [-0.39, 0.29) is 5.97 Å². The molecule has 1 aliphatic carbocycles. The first-order chi connectivity index (χ1) is 8.70. The molecule has 96 valence electrons. The summed E-state index contributed by atoms with van der Waals surface area (Å²) in [6.45, 7) is 6.28. The summed E-state index contributed by atoms with van der Waals surface area (Å²) >= 11 is 0. The molecule has 0 aromatic heterocycles. The summed E-state index contributed by atoms with van der Waals surface area (Å²) in [6, 6.07) is 7.86. The third-order valence-electron chi connectivity index (χ3n) is 3.59. The first-order valence-electron chi connectivity index (χ1n) is 6.64. The van der Waals surface area contributed by atoms with Gasteiger partial charge < -0.3 is 4.74 Å². The molecule has 0 aliphatic heterocycles. The van der Waals surface area contributed by atoms with E-state index in [1.54, 1.807) is 0 Å². The Hall–Kier alpha value is -1.57.